The van der Waals surface area contributed by atoms with Crippen molar-refractivity contribution in [2.75, 3.05) is 11.4 Å². The van der Waals surface area contributed by atoms with E-state index in [1.54, 1.807) is 0 Å². The molecule has 1 aromatic rings. The molecule has 1 amide bonds. The minimum atomic E-state index is 0.231. The summed E-state index contributed by atoms with van der Waals surface area (Å²) in [6.45, 7) is 7.39. The first-order valence-corrected chi connectivity index (χ1v) is 6.36. The predicted octanol–water partition coefficient (Wildman–Crippen LogP) is 3.40. The predicted molar refractivity (Wildman–Crippen MR) is 71.2 cm³/mol. The highest BCUT2D eigenvalue weighted by Gasteiger charge is 2.24. The van der Waals surface area contributed by atoms with Gasteiger partial charge in [-0.15, -0.1) is 0 Å². The van der Waals surface area contributed by atoms with Gasteiger partial charge in [0.2, 0.25) is 5.91 Å². The van der Waals surface area contributed by atoms with Gasteiger partial charge in [0.05, 0.1) is 0 Å². The Morgan fingerprint density at radius 1 is 1.29 bits per heavy atom. The molecule has 1 heterocycles. The highest BCUT2D eigenvalue weighted by Crippen LogP contribution is 2.29. The largest absolute Gasteiger partial charge is 0.312 e. The van der Waals surface area contributed by atoms with E-state index in [4.69, 9.17) is 0 Å². The molecule has 0 unspecified atom stereocenters. The summed E-state index contributed by atoms with van der Waals surface area (Å²) in [6.07, 6.45) is 2.60. The number of benzene rings is 1. The van der Waals surface area contributed by atoms with Crippen LogP contribution in [-0.2, 0) is 11.2 Å². The number of carbonyl (C=O) groups is 1. The number of carbonyl (C=O) groups excluding carboxylic acids is 1. The summed E-state index contributed by atoms with van der Waals surface area (Å²) in [5.74, 6) is 0.268. The molecule has 1 aromatic carbocycles. The lowest BCUT2D eigenvalue weighted by Crippen LogP contribution is -2.29. The molecule has 0 fully saturated rings. The van der Waals surface area contributed by atoms with Gasteiger partial charge < -0.3 is 4.90 Å². The van der Waals surface area contributed by atoms with E-state index in [0.29, 0.717) is 6.42 Å². The standard InChI is InChI=1S/C15H21NO/c1-15(2,3)10-8-14(17)16-11-9-12-6-4-5-7-13(12)16/h4-7H,8-11H2,1-3H3. The Hall–Kier alpha value is -1.31. The van der Waals surface area contributed by atoms with E-state index in [1.807, 2.05) is 17.0 Å². The second-order valence-corrected chi connectivity index (χ2v) is 5.98. The number of fused-ring (bicyclic) bond motifs is 1. The zero-order chi connectivity index (χ0) is 12.5. The van der Waals surface area contributed by atoms with E-state index < -0.39 is 0 Å². The maximum atomic E-state index is 12.2. The first kappa shape index (κ1) is 12.2. The molecule has 0 N–H and O–H groups in total. The molecule has 0 saturated heterocycles. The van der Waals surface area contributed by atoms with Crippen LogP contribution in [0, 0.1) is 5.41 Å². The van der Waals surface area contributed by atoms with Gasteiger partial charge >= 0.3 is 0 Å². The van der Waals surface area contributed by atoms with Crippen LogP contribution in [0.15, 0.2) is 24.3 Å². The van der Waals surface area contributed by atoms with E-state index in [1.165, 1.54) is 5.56 Å². The smallest absolute Gasteiger partial charge is 0.227 e. The second kappa shape index (κ2) is 4.52. The summed E-state index contributed by atoms with van der Waals surface area (Å²) in [4.78, 5) is 14.1. The van der Waals surface area contributed by atoms with Crippen LogP contribution in [-0.4, -0.2) is 12.5 Å². The molecule has 0 saturated carbocycles. The summed E-state index contributed by atoms with van der Waals surface area (Å²) < 4.78 is 0. The molecule has 2 rings (SSSR count). The van der Waals surface area contributed by atoms with Crippen molar-refractivity contribution in [1.29, 1.82) is 0 Å². The van der Waals surface area contributed by atoms with Crippen LogP contribution in [0.25, 0.3) is 0 Å². The zero-order valence-electron chi connectivity index (χ0n) is 11.0. The minimum Gasteiger partial charge on any atom is -0.312 e. The summed E-state index contributed by atoms with van der Waals surface area (Å²) in [7, 11) is 0. The lowest BCUT2D eigenvalue weighted by atomic mass is 9.90. The number of hydrogen-bond acceptors (Lipinski definition) is 1. The molecule has 0 atom stereocenters. The average molecular weight is 231 g/mol. The Morgan fingerprint density at radius 3 is 2.71 bits per heavy atom. The third-order valence-corrected chi connectivity index (χ3v) is 3.28. The van der Waals surface area contributed by atoms with Crippen molar-refractivity contribution in [3.8, 4) is 0 Å². The zero-order valence-corrected chi connectivity index (χ0v) is 11.0. The maximum absolute atomic E-state index is 12.2. The molecule has 0 bridgehead atoms. The first-order chi connectivity index (χ1) is 7.97. The quantitative estimate of drug-likeness (QED) is 0.764. The third kappa shape index (κ3) is 2.87. The summed E-state index contributed by atoms with van der Waals surface area (Å²) in [6, 6.07) is 8.22. The molecular weight excluding hydrogens is 210 g/mol. The second-order valence-electron chi connectivity index (χ2n) is 5.98. The van der Waals surface area contributed by atoms with Crippen LogP contribution < -0.4 is 4.90 Å². The van der Waals surface area contributed by atoms with Crippen LogP contribution in [0.5, 0.6) is 0 Å². The summed E-state index contributed by atoms with van der Waals surface area (Å²) in [5, 5.41) is 0. The SMILES string of the molecule is CC(C)(C)CCC(=O)N1CCc2ccccc21. The van der Waals surface area contributed by atoms with Crippen molar-refractivity contribution < 1.29 is 4.79 Å². The Labute approximate surface area is 104 Å². The van der Waals surface area contributed by atoms with Gasteiger partial charge in [-0.1, -0.05) is 39.0 Å². The number of rotatable bonds is 2. The van der Waals surface area contributed by atoms with Crippen LogP contribution in [0.4, 0.5) is 5.69 Å². The fourth-order valence-electron chi connectivity index (χ4n) is 2.21. The van der Waals surface area contributed by atoms with Crippen molar-refractivity contribution in [3.05, 3.63) is 29.8 Å². The topological polar surface area (TPSA) is 20.3 Å². The van der Waals surface area contributed by atoms with Gasteiger partial charge in [-0.25, -0.2) is 0 Å². The van der Waals surface area contributed by atoms with Gasteiger partial charge in [0.25, 0.3) is 0 Å². The van der Waals surface area contributed by atoms with E-state index in [0.717, 1.165) is 25.1 Å². The lowest BCUT2D eigenvalue weighted by Gasteiger charge is -2.21. The van der Waals surface area contributed by atoms with Crippen LogP contribution in [0.3, 0.4) is 0 Å². The highest BCUT2D eigenvalue weighted by molar-refractivity contribution is 5.95. The Kier molecular flexibility index (Phi) is 3.23. The maximum Gasteiger partial charge on any atom is 0.227 e. The fraction of sp³-hybridized carbons (Fsp3) is 0.533. The van der Waals surface area contributed by atoms with E-state index in [-0.39, 0.29) is 11.3 Å². The molecular formula is C15H21NO. The molecule has 92 valence electrons. The van der Waals surface area contributed by atoms with Gasteiger partial charge in [-0.3, -0.25) is 4.79 Å². The molecule has 17 heavy (non-hydrogen) atoms. The molecule has 0 radical (unpaired) electrons. The fourth-order valence-corrected chi connectivity index (χ4v) is 2.21. The average Bonchev–Trinajstić information content (AvgIpc) is 2.68. The van der Waals surface area contributed by atoms with Crippen molar-refractivity contribution in [2.24, 2.45) is 5.41 Å². The van der Waals surface area contributed by atoms with Crippen molar-refractivity contribution in [3.63, 3.8) is 0 Å². The molecule has 0 aliphatic carbocycles. The lowest BCUT2D eigenvalue weighted by molar-refractivity contribution is -0.119. The van der Waals surface area contributed by atoms with Crippen LogP contribution >= 0.6 is 0 Å². The molecule has 1 aliphatic heterocycles. The Bertz CT molecular complexity index is 417. The Morgan fingerprint density at radius 2 is 2.00 bits per heavy atom. The normalized spacial score (nSPS) is 14.9. The molecule has 1 aliphatic rings. The summed E-state index contributed by atoms with van der Waals surface area (Å²) in [5.41, 5.74) is 2.65. The summed E-state index contributed by atoms with van der Waals surface area (Å²) >= 11 is 0. The van der Waals surface area contributed by atoms with Crippen LogP contribution in [0.1, 0.15) is 39.2 Å². The van der Waals surface area contributed by atoms with Gasteiger partial charge in [0.15, 0.2) is 0 Å². The van der Waals surface area contributed by atoms with Crippen molar-refractivity contribution in [2.45, 2.75) is 40.0 Å². The number of anilines is 1. The molecule has 2 heteroatoms. The van der Waals surface area contributed by atoms with Crippen molar-refractivity contribution >= 4 is 11.6 Å². The van der Waals surface area contributed by atoms with Gasteiger partial charge in [-0.2, -0.15) is 0 Å². The number of nitrogens with zero attached hydrogens (tertiary/aromatic N) is 1. The minimum absolute atomic E-state index is 0.231. The number of hydrogen-bond donors (Lipinski definition) is 0. The number of para-hydroxylation sites is 1. The van der Waals surface area contributed by atoms with E-state index in [9.17, 15) is 4.79 Å². The van der Waals surface area contributed by atoms with E-state index >= 15 is 0 Å². The molecule has 2 nitrogen and oxygen atoms in total. The van der Waals surface area contributed by atoms with Gasteiger partial charge in [-0.05, 0) is 29.9 Å². The number of amides is 1. The van der Waals surface area contributed by atoms with Crippen LogP contribution in [0.2, 0.25) is 0 Å². The molecule has 0 aromatic heterocycles. The monoisotopic (exact) mass is 231 g/mol. The first-order valence-electron chi connectivity index (χ1n) is 6.36. The Balaban J connectivity index is 2.03. The molecule has 0 spiro atoms. The van der Waals surface area contributed by atoms with Crippen molar-refractivity contribution in [1.82, 2.24) is 0 Å². The highest BCUT2D eigenvalue weighted by atomic mass is 16.2. The van der Waals surface area contributed by atoms with Gasteiger partial charge in [0, 0.05) is 18.7 Å². The van der Waals surface area contributed by atoms with E-state index in [2.05, 4.69) is 32.9 Å². The third-order valence-electron chi connectivity index (χ3n) is 3.28. The van der Waals surface area contributed by atoms with Gasteiger partial charge in [0.1, 0.15) is 0 Å².